The molecule has 3 rings (SSSR count). The van der Waals surface area contributed by atoms with Crippen molar-refractivity contribution in [1.82, 2.24) is 16.2 Å². The molecule has 3 N–H and O–H groups in total. The molecule has 0 radical (unpaired) electrons. The number of esters is 1. The van der Waals surface area contributed by atoms with Gasteiger partial charge in [-0.05, 0) is 23.3 Å². The molecule has 148 valence electrons. The Bertz CT molecular complexity index is 820. The molecule has 0 aromatic heterocycles. The summed E-state index contributed by atoms with van der Waals surface area (Å²) in [5.74, 6) is 0.296. The van der Waals surface area contributed by atoms with Crippen molar-refractivity contribution >= 4 is 11.9 Å². The first-order valence-corrected chi connectivity index (χ1v) is 9.18. The van der Waals surface area contributed by atoms with Gasteiger partial charge in [0, 0.05) is 24.6 Å². The van der Waals surface area contributed by atoms with Crippen LogP contribution >= 0.6 is 0 Å². The first kappa shape index (κ1) is 19.9. The summed E-state index contributed by atoms with van der Waals surface area (Å²) in [5, 5.41) is 2.94. The Labute approximate surface area is 164 Å². The average molecular weight is 383 g/mol. The first-order valence-electron chi connectivity index (χ1n) is 9.18. The molecule has 0 aliphatic carbocycles. The summed E-state index contributed by atoms with van der Waals surface area (Å²) in [4.78, 5) is 24.7. The molecule has 0 bridgehead atoms. The highest BCUT2D eigenvalue weighted by atomic mass is 16.5. The predicted octanol–water partition coefficient (Wildman–Crippen LogP) is 1.92. The molecule has 0 unspecified atom stereocenters. The number of hydrogen-bond acceptors (Lipinski definition) is 6. The highest BCUT2D eigenvalue weighted by Crippen LogP contribution is 2.29. The molecule has 7 nitrogen and oxygen atoms in total. The Balaban J connectivity index is 1.80. The van der Waals surface area contributed by atoms with Gasteiger partial charge in [-0.3, -0.25) is 20.4 Å². The molecule has 7 heteroatoms. The summed E-state index contributed by atoms with van der Waals surface area (Å²) in [6.07, 6.45) is 0.0564. The van der Waals surface area contributed by atoms with Gasteiger partial charge in [-0.15, -0.1) is 0 Å². The van der Waals surface area contributed by atoms with E-state index in [9.17, 15) is 9.59 Å². The topological polar surface area (TPSA) is 88.7 Å². The summed E-state index contributed by atoms with van der Waals surface area (Å²) < 4.78 is 10.3. The van der Waals surface area contributed by atoms with Crippen LogP contribution in [0.25, 0.3) is 0 Å². The number of benzene rings is 2. The van der Waals surface area contributed by atoms with Crippen LogP contribution in [0.5, 0.6) is 5.75 Å². The highest BCUT2D eigenvalue weighted by molar-refractivity contribution is 5.95. The number of rotatable bonds is 7. The number of nitrogens with one attached hydrogen (secondary N) is 3. The normalized spacial score (nSPS) is 15.1. The molecule has 2 aromatic carbocycles. The van der Waals surface area contributed by atoms with Crippen molar-refractivity contribution in [2.45, 2.75) is 18.4 Å². The second-order valence-electron chi connectivity index (χ2n) is 6.63. The van der Waals surface area contributed by atoms with Gasteiger partial charge in [0.15, 0.2) is 0 Å². The van der Waals surface area contributed by atoms with E-state index in [1.54, 1.807) is 19.2 Å². The van der Waals surface area contributed by atoms with E-state index in [1.807, 2.05) is 36.4 Å². The maximum atomic E-state index is 12.9. The van der Waals surface area contributed by atoms with Gasteiger partial charge in [-0.1, -0.05) is 36.4 Å². The van der Waals surface area contributed by atoms with Crippen molar-refractivity contribution in [3.8, 4) is 5.75 Å². The van der Waals surface area contributed by atoms with E-state index in [0.717, 1.165) is 24.2 Å². The number of hydrogen-bond donors (Lipinski definition) is 3. The smallest absolute Gasteiger partial charge is 0.307 e. The van der Waals surface area contributed by atoms with Crippen molar-refractivity contribution < 1.29 is 19.1 Å². The fourth-order valence-corrected chi connectivity index (χ4v) is 3.30. The summed E-state index contributed by atoms with van der Waals surface area (Å²) in [6, 6.07) is 14.3. The van der Waals surface area contributed by atoms with Gasteiger partial charge in [-0.2, -0.15) is 0 Å². The van der Waals surface area contributed by atoms with Gasteiger partial charge in [0.2, 0.25) is 0 Å². The molecular formula is C21H25N3O4. The standard InChI is InChI=1S/C21H25N3O4/c1-27-19-10-15(8-9-17(19)16-12-22-23-13-16)21(26)24-18(11-20(25)28-2)14-6-4-3-5-7-14/h3-10,16,18,22-23H,11-13H2,1-2H3,(H,24,26)/t18-/m0/s1. The van der Waals surface area contributed by atoms with Crippen LogP contribution in [0, 0.1) is 0 Å². The van der Waals surface area contributed by atoms with Gasteiger partial charge in [0.1, 0.15) is 5.75 Å². The second-order valence-corrected chi connectivity index (χ2v) is 6.63. The third kappa shape index (κ3) is 4.68. The van der Waals surface area contributed by atoms with Gasteiger partial charge in [-0.25, -0.2) is 0 Å². The molecule has 1 aliphatic rings. The lowest BCUT2D eigenvalue weighted by Crippen LogP contribution is -2.30. The van der Waals surface area contributed by atoms with Crippen molar-refractivity contribution in [2.75, 3.05) is 27.3 Å². The molecule has 1 fully saturated rings. The average Bonchev–Trinajstić information content (AvgIpc) is 3.27. The van der Waals surface area contributed by atoms with Gasteiger partial charge >= 0.3 is 5.97 Å². The third-order valence-corrected chi connectivity index (χ3v) is 4.86. The Kier molecular flexibility index (Phi) is 6.62. The van der Waals surface area contributed by atoms with Crippen LogP contribution in [-0.4, -0.2) is 39.2 Å². The van der Waals surface area contributed by atoms with Crippen LogP contribution < -0.4 is 20.9 Å². The fraction of sp³-hybridized carbons (Fsp3) is 0.333. The van der Waals surface area contributed by atoms with Crippen LogP contribution in [0.2, 0.25) is 0 Å². The summed E-state index contributed by atoms with van der Waals surface area (Å²) >= 11 is 0. The molecule has 0 spiro atoms. The van der Waals surface area contributed by atoms with Crippen LogP contribution in [0.1, 0.15) is 39.9 Å². The zero-order chi connectivity index (χ0) is 19.9. The molecule has 1 amide bonds. The maximum Gasteiger partial charge on any atom is 0.307 e. The summed E-state index contributed by atoms with van der Waals surface area (Å²) in [5.41, 5.74) is 8.56. The maximum absolute atomic E-state index is 12.9. The van der Waals surface area contributed by atoms with Crippen molar-refractivity contribution in [3.63, 3.8) is 0 Å². The molecule has 0 saturated carbocycles. The van der Waals surface area contributed by atoms with Gasteiger partial charge < -0.3 is 14.8 Å². The fourth-order valence-electron chi connectivity index (χ4n) is 3.30. The number of hydrazine groups is 1. The van der Waals surface area contributed by atoms with Crippen LogP contribution in [-0.2, 0) is 9.53 Å². The minimum absolute atomic E-state index is 0.0564. The Morgan fingerprint density at radius 1 is 1.11 bits per heavy atom. The second kappa shape index (κ2) is 9.34. The molecule has 1 atom stereocenters. The van der Waals surface area contributed by atoms with Gasteiger partial charge in [0.05, 0.1) is 26.7 Å². The van der Waals surface area contributed by atoms with Crippen LogP contribution in [0.3, 0.4) is 0 Å². The largest absolute Gasteiger partial charge is 0.496 e. The monoisotopic (exact) mass is 383 g/mol. The number of methoxy groups -OCH3 is 2. The van der Waals surface area contributed by atoms with E-state index in [4.69, 9.17) is 9.47 Å². The lowest BCUT2D eigenvalue weighted by Gasteiger charge is -2.19. The Morgan fingerprint density at radius 2 is 1.82 bits per heavy atom. The lowest BCUT2D eigenvalue weighted by molar-refractivity contribution is -0.141. The lowest BCUT2D eigenvalue weighted by atomic mass is 9.97. The number of carbonyl (C=O) groups is 2. The van der Waals surface area contributed by atoms with E-state index in [-0.39, 0.29) is 24.2 Å². The predicted molar refractivity (Wildman–Crippen MR) is 105 cm³/mol. The van der Waals surface area contributed by atoms with E-state index in [0.29, 0.717) is 11.3 Å². The molecule has 28 heavy (non-hydrogen) atoms. The van der Waals surface area contributed by atoms with Crippen molar-refractivity contribution in [1.29, 1.82) is 0 Å². The van der Waals surface area contributed by atoms with Crippen LogP contribution in [0.15, 0.2) is 48.5 Å². The zero-order valence-electron chi connectivity index (χ0n) is 16.0. The van der Waals surface area contributed by atoms with Gasteiger partial charge in [0.25, 0.3) is 5.91 Å². The highest BCUT2D eigenvalue weighted by Gasteiger charge is 2.23. The number of carbonyl (C=O) groups excluding carboxylic acids is 2. The zero-order valence-corrected chi connectivity index (χ0v) is 16.0. The summed E-state index contributed by atoms with van der Waals surface area (Å²) in [7, 11) is 2.93. The molecule has 1 aliphatic heterocycles. The third-order valence-electron chi connectivity index (χ3n) is 4.86. The summed E-state index contributed by atoms with van der Waals surface area (Å²) in [6.45, 7) is 1.61. The first-order chi connectivity index (χ1) is 13.6. The van der Waals surface area contributed by atoms with E-state index in [1.165, 1.54) is 7.11 Å². The van der Waals surface area contributed by atoms with Crippen molar-refractivity contribution in [3.05, 3.63) is 65.2 Å². The SMILES string of the molecule is COC(=O)C[C@H](NC(=O)c1ccc(C2CNNC2)c(OC)c1)c1ccccc1. The molecule has 2 aromatic rings. The number of amides is 1. The minimum atomic E-state index is -0.477. The quantitative estimate of drug-likeness (QED) is 0.633. The van der Waals surface area contributed by atoms with E-state index in [2.05, 4.69) is 16.2 Å². The molecular weight excluding hydrogens is 358 g/mol. The molecule has 1 saturated heterocycles. The van der Waals surface area contributed by atoms with Crippen molar-refractivity contribution in [2.24, 2.45) is 0 Å². The Morgan fingerprint density at radius 3 is 2.46 bits per heavy atom. The van der Waals surface area contributed by atoms with E-state index >= 15 is 0 Å². The van der Waals surface area contributed by atoms with Crippen LogP contribution in [0.4, 0.5) is 0 Å². The Hall–Kier alpha value is -2.90. The molecule has 1 heterocycles. The number of ether oxygens (including phenoxy) is 2. The van der Waals surface area contributed by atoms with E-state index < -0.39 is 6.04 Å². The minimum Gasteiger partial charge on any atom is -0.496 e.